The third-order valence-electron chi connectivity index (χ3n) is 5.24. The van der Waals surface area contributed by atoms with Crippen LogP contribution in [0.25, 0.3) is 0 Å². The molecule has 0 radical (unpaired) electrons. The molecule has 1 aromatic carbocycles. The van der Waals surface area contributed by atoms with Gasteiger partial charge >= 0.3 is 5.97 Å². The number of carbonyl (C=O) groups is 6. The molecular weight excluding hydrogens is 491 g/mol. The van der Waals surface area contributed by atoms with Gasteiger partial charge in [-0.05, 0) is 31.0 Å². The molecule has 2 heterocycles. The molecular formula is C21H20Cl2N4O7. The number of nitrogens with zero attached hydrogens (tertiary/aromatic N) is 2. The van der Waals surface area contributed by atoms with Gasteiger partial charge in [0.15, 0.2) is 0 Å². The van der Waals surface area contributed by atoms with Crippen molar-refractivity contribution in [1.29, 1.82) is 0 Å². The molecule has 0 aliphatic carbocycles. The standard InChI is InChI=1S/C21H20Cl2N4O7/c22-13-4-3-11(8-14(13)23)19(32)25-15-5-6-17(29)26-7-1-2-16(27(26)21(15)34)20(33)24-12(10-28)9-18(30)31/h1,3-4,7-8,10,12,15-16H,2,5-6,9H2,(H,24,33)(H,25,32)(H,30,31)/t12-,15-,16-/m0/s1. The minimum atomic E-state index is -1.31. The molecule has 3 atom stereocenters. The molecule has 180 valence electrons. The Morgan fingerprint density at radius 2 is 1.94 bits per heavy atom. The summed E-state index contributed by atoms with van der Waals surface area (Å²) in [5.41, 5.74) is 0.143. The van der Waals surface area contributed by atoms with Crippen molar-refractivity contribution in [3.63, 3.8) is 0 Å². The number of aldehydes is 1. The quantitative estimate of drug-likeness (QED) is 0.460. The van der Waals surface area contributed by atoms with Gasteiger partial charge in [0.25, 0.3) is 11.8 Å². The number of rotatable bonds is 7. The number of carboxylic acid groups (broad SMARTS) is 1. The summed E-state index contributed by atoms with van der Waals surface area (Å²) in [6.07, 6.45) is 2.39. The number of amides is 4. The number of hydrazine groups is 1. The van der Waals surface area contributed by atoms with Gasteiger partial charge in [0, 0.05) is 18.2 Å². The largest absolute Gasteiger partial charge is 0.481 e. The highest BCUT2D eigenvalue weighted by molar-refractivity contribution is 6.42. The summed E-state index contributed by atoms with van der Waals surface area (Å²) in [6, 6.07) is 0.491. The van der Waals surface area contributed by atoms with Crippen LogP contribution in [-0.4, -0.2) is 69.1 Å². The van der Waals surface area contributed by atoms with Crippen molar-refractivity contribution in [3.8, 4) is 0 Å². The summed E-state index contributed by atoms with van der Waals surface area (Å²) >= 11 is 11.8. The van der Waals surface area contributed by atoms with Crippen LogP contribution in [0.4, 0.5) is 0 Å². The van der Waals surface area contributed by atoms with Crippen LogP contribution in [0.5, 0.6) is 0 Å². The molecule has 0 saturated carbocycles. The third-order valence-corrected chi connectivity index (χ3v) is 5.97. The Hall–Kier alpha value is -3.44. The van der Waals surface area contributed by atoms with E-state index in [1.807, 2.05) is 0 Å². The maximum atomic E-state index is 13.4. The van der Waals surface area contributed by atoms with Gasteiger partial charge in [-0.3, -0.25) is 24.0 Å². The molecule has 0 bridgehead atoms. The molecule has 1 fully saturated rings. The van der Waals surface area contributed by atoms with Crippen molar-refractivity contribution in [2.75, 3.05) is 0 Å². The van der Waals surface area contributed by atoms with Crippen LogP contribution in [0.3, 0.4) is 0 Å². The van der Waals surface area contributed by atoms with Crippen molar-refractivity contribution in [2.24, 2.45) is 0 Å². The predicted molar refractivity (Wildman–Crippen MR) is 118 cm³/mol. The zero-order valence-electron chi connectivity index (χ0n) is 17.6. The van der Waals surface area contributed by atoms with Crippen LogP contribution < -0.4 is 10.6 Å². The number of nitrogens with one attached hydrogen (secondary N) is 2. The highest BCUT2D eigenvalue weighted by atomic mass is 35.5. The van der Waals surface area contributed by atoms with Crippen molar-refractivity contribution in [3.05, 3.63) is 46.1 Å². The summed E-state index contributed by atoms with van der Waals surface area (Å²) in [6.45, 7) is 0. The molecule has 3 rings (SSSR count). The molecule has 1 saturated heterocycles. The van der Waals surface area contributed by atoms with Gasteiger partial charge in [-0.1, -0.05) is 29.3 Å². The lowest BCUT2D eigenvalue weighted by molar-refractivity contribution is -0.166. The maximum Gasteiger partial charge on any atom is 0.305 e. The minimum Gasteiger partial charge on any atom is -0.481 e. The zero-order chi connectivity index (χ0) is 25.0. The van der Waals surface area contributed by atoms with Crippen LogP contribution in [0.2, 0.25) is 10.0 Å². The van der Waals surface area contributed by atoms with E-state index in [0.29, 0.717) is 0 Å². The molecule has 2 aliphatic rings. The fourth-order valence-electron chi connectivity index (χ4n) is 3.57. The first-order valence-electron chi connectivity index (χ1n) is 10.2. The van der Waals surface area contributed by atoms with Crippen LogP contribution in [0.15, 0.2) is 30.5 Å². The van der Waals surface area contributed by atoms with Gasteiger partial charge in [0.2, 0.25) is 11.8 Å². The van der Waals surface area contributed by atoms with E-state index >= 15 is 0 Å². The zero-order valence-corrected chi connectivity index (χ0v) is 19.1. The maximum absolute atomic E-state index is 13.4. The van der Waals surface area contributed by atoms with E-state index in [9.17, 15) is 28.8 Å². The van der Waals surface area contributed by atoms with Crippen molar-refractivity contribution < 1.29 is 33.9 Å². The Kier molecular flexibility index (Phi) is 7.90. The van der Waals surface area contributed by atoms with E-state index in [1.54, 1.807) is 0 Å². The van der Waals surface area contributed by atoms with E-state index in [1.165, 1.54) is 30.5 Å². The number of carbonyl (C=O) groups excluding carboxylic acids is 5. The second-order valence-corrected chi connectivity index (χ2v) is 8.41. The fraction of sp³-hybridized carbons (Fsp3) is 0.333. The number of fused-ring (bicyclic) bond motifs is 1. The van der Waals surface area contributed by atoms with E-state index in [4.69, 9.17) is 28.3 Å². The van der Waals surface area contributed by atoms with Gasteiger partial charge in [-0.25, -0.2) is 10.0 Å². The molecule has 0 aromatic heterocycles. The highest BCUT2D eigenvalue weighted by Crippen LogP contribution is 2.25. The lowest BCUT2D eigenvalue weighted by Crippen LogP contribution is -2.62. The van der Waals surface area contributed by atoms with Crippen LogP contribution >= 0.6 is 23.2 Å². The van der Waals surface area contributed by atoms with Gasteiger partial charge in [0.1, 0.15) is 18.4 Å². The average molecular weight is 511 g/mol. The summed E-state index contributed by atoms with van der Waals surface area (Å²) in [4.78, 5) is 73.6. The van der Waals surface area contributed by atoms with E-state index in [0.717, 1.165) is 10.0 Å². The highest BCUT2D eigenvalue weighted by Gasteiger charge is 2.43. The summed E-state index contributed by atoms with van der Waals surface area (Å²) in [5, 5.41) is 16.0. The molecule has 1 aromatic rings. The first-order chi connectivity index (χ1) is 16.1. The summed E-state index contributed by atoms with van der Waals surface area (Å²) in [7, 11) is 0. The number of hydrogen-bond donors (Lipinski definition) is 3. The lowest BCUT2D eigenvalue weighted by Gasteiger charge is -2.39. The van der Waals surface area contributed by atoms with Crippen molar-refractivity contribution >= 4 is 59.1 Å². The first-order valence-corrected chi connectivity index (χ1v) is 10.9. The van der Waals surface area contributed by atoms with Crippen molar-refractivity contribution in [2.45, 2.75) is 43.8 Å². The van der Waals surface area contributed by atoms with E-state index in [2.05, 4.69) is 10.6 Å². The lowest BCUT2D eigenvalue weighted by atomic mass is 10.1. The van der Waals surface area contributed by atoms with Crippen LogP contribution in [0, 0.1) is 0 Å². The molecule has 4 amide bonds. The van der Waals surface area contributed by atoms with Gasteiger partial charge in [0.05, 0.1) is 22.5 Å². The number of benzene rings is 1. The summed E-state index contributed by atoms with van der Waals surface area (Å²) < 4.78 is 0. The van der Waals surface area contributed by atoms with E-state index in [-0.39, 0.29) is 41.2 Å². The minimum absolute atomic E-state index is 0.00740. The average Bonchev–Trinajstić information content (AvgIpc) is 2.92. The topological polar surface area (TPSA) is 153 Å². The molecule has 0 spiro atoms. The Bertz CT molecular complexity index is 1080. The molecule has 13 heteroatoms. The second-order valence-electron chi connectivity index (χ2n) is 7.60. The number of aliphatic carboxylic acids is 1. The predicted octanol–water partition coefficient (Wildman–Crippen LogP) is 0.902. The second kappa shape index (κ2) is 10.7. The van der Waals surface area contributed by atoms with E-state index < -0.39 is 54.1 Å². The third kappa shape index (κ3) is 5.54. The Morgan fingerprint density at radius 3 is 2.59 bits per heavy atom. The summed E-state index contributed by atoms with van der Waals surface area (Å²) in [5.74, 6) is -3.94. The number of halogens is 2. The molecule has 0 unspecified atom stereocenters. The first kappa shape index (κ1) is 25.2. The van der Waals surface area contributed by atoms with Crippen LogP contribution in [0.1, 0.15) is 36.0 Å². The van der Waals surface area contributed by atoms with Crippen LogP contribution in [-0.2, 0) is 24.0 Å². The normalized spacial score (nSPS) is 20.8. The SMILES string of the molecule is O=C[C@H](CC(=O)O)NC(=O)[C@@H]1CC=CN2C(=O)CC[C@H](NC(=O)c3ccc(Cl)c(Cl)c3)C(=O)N12. The number of carboxylic acids is 1. The monoisotopic (exact) mass is 510 g/mol. The Balaban J connectivity index is 1.83. The number of hydrogen-bond acceptors (Lipinski definition) is 6. The molecule has 2 aliphatic heterocycles. The smallest absolute Gasteiger partial charge is 0.305 e. The Morgan fingerprint density at radius 1 is 1.21 bits per heavy atom. The van der Waals surface area contributed by atoms with Crippen molar-refractivity contribution in [1.82, 2.24) is 20.7 Å². The van der Waals surface area contributed by atoms with Gasteiger partial charge in [-0.2, -0.15) is 0 Å². The van der Waals surface area contributed by atoms with Gasteiger partial charge < -0.3 is 20.5 Å². The molecule has 11 nitrogen and oxygen atoms in total. The van der Waals surface area contributed by atoms with Gasteiger partial charge in [-0.15, -0.1) is 0 Å². The molecule has 3 N–H and O–H groups in total. The fourth-order valence-corrected chi connectivity index (χ4v) is 3.87. The Labute approximate surface area is 203 Å². The molecule has 34 heavy (non-hydrogen) atoms.